The summed E-state index contributed by atoms with van der Waals surface area (Å²) in [6.07, 6.45) is 2.56. The molecule has 1 saturated heterocycles. The molecule has 0 radical (unpaired) electrons. The number of nitrogens with two attached hydrogens (primary N) is 1. The molecule has 17 heavy (non-hydrogen) atoms. The third-order valence-corrected chi connectivity index (χ3v) is 3.32. The van der Waals surface area contributed by atoms with E-state index in [1.165, 1.54) is 38.1 Å². The first kappa shape index (κ1) is 12.5. The van der Waals surface area contributed by atoms with Gasteiger partial charge < -0.3 is 16.0 Å². The predicted molar refractivity (Wildman–Crippen MR) is 70.0 cm³/mol. The number of anilines is 2. The molecule has 1 heterocycles. The summed E-state index contributed by atoms with van der Waals surface area (Å²) in [5.41, 5.74) is 6.81. The van der Waals surface area contributed by atoms with Crippen LogP contribution in [0.1, 0.15) is 12.8 Å². The SMILES string of the molecule is Nc1cc(F)c(Cl)cc1NCCN1CCCC1. The second-order valence-corrected chi connectivity index (χ2v) is 4.74. The lowest BCUT2D eigenvalue weighted by Gasteiger charge is -2.16. The van der Waals surface area contributed by atoms with Gasteiger partial charge in [-0.3, -0.25) is 0 Å². The predicted octanol–water partition coefficient (Wildman–Crippen LogP) is 2.57. The van der Waals surface area contributed by atoms with Crippen LogP contribution in [0.25, 0.3) is 0 Å². The first-order valence-electron chi connectivity index (χ1n) is 5.87. The standard InChI is InChI=1S/C12H17ClFN3/c13-9-7-12(11(15)8-10(9)14)16-3-6-17-4-1-2-5-17/h7-8,16H,1-6,15H2. The van der Waals surface area contributed by atoms with E-state index in [0.29, 0.717) is 11.4 Å². The van der Waals surface area contributed by atoms with Crippen LogP contribution in [-0.2, 0) is 0 Å². The highest BCUT2D eigenvalue weighted by molar-refractivity contribution is 6.31. The van der Waals surface area contributed by atoms with Gasteiger partial charge in [0, 0.05) is 19.2 Å². The third kappa shape index (κ3) is 3.23. The summed E-state index contributed by atoms with van der Waals surface area (Å²) in [6, 6.07) is 2.79. The molecule has 3 nitrogen and oxygen atoms in total. The van der Waals surface area contributed by atoms with Crippen LogP contribution < -0.4 is 11.1 Å². The van der Waals surface area contributed by atoms with Crippen molar-refractivity contribution in [1.82, 2.24) is 4.90 Å². The molecule has 0 bridgehead atoms. The van der Waals surface area contributed by atoms with E-state index in [1.54, 1.807) is 0 Å². The van der Waals surface area contributed by atoms with Crippen molar-refractivity contribution in [3.8, 4) is 0 Å². The molecule has 0 saturated carbocycles. The Kier molecular flexibility index (Phi) is 4.07. The van der Waals surface area contributed by atoms with Gasteiger partial charge in [-0.25, -0.2) is 4.39 Å². The Bertz CT molecular complexity index is 392. The smallest absolute Gasteiger partial charge is 0.143 e. The maximum atomic E-state index is 13.1. The van der Waals surface area contributed by atoms with Crippen LogP contribution in [0, 0.1) is 5.82 Å². The van der Waals surface area contributed by atoms with Crippen LogP contribution in [0.3, 0.4) is 0 Å². The zero-order valence-electron chi connectivity index (χ0n) is 9.68. The Hall–Kier alpha value is -1.00. The molecule has 0 atom stereocenters. The number of nitrogens with zero attached hydrogens (tertiary/aromatic N) is 1. The van der Waals surface area contributed by atoms with Gasteiger partial charge in [0.05, 0.1) is 16.4 Å². The number of rotatable bonds is 4. The number of nitrogens with one attached hydrogen (secondary N) is 1. The van der Waals surface area contributed by atoms with Crippen molar-refractivity contribution in [1.29, 1.82) is 0 Å². The van der Waals surface area contributed by atoms with E-state index in [4.69, 9.17) is 17.3 Å². The monoisotopic (exact) mass is 257 g/mol. The normalized spacial score (nSPS) is 16.4. The quantitative estimate of drug-likeness (QED) is 0.815. The van der Waals surface area contributed by atoms with Crippen LogP contribution in [0.5, 0.6) is 0 Å². The third-order valence-electron chi connectivity index (χ3n) is 3.03. The summed E-state index contributed by atoms with van der Waals surface area (Å²) >= 11 is 5.71. The van der Waals surface area contributed by atoms with Gasteiger partial charge in [0.1, 0.15) is 5.82 Å². The van der Waals surface area contributed by atoms with E-state index in [9.17, 15) is 4.39 Å². The van der Waals surface area contributed by atoms with Crippen molar-refractivity contribution in [2.24, 2.45) is 0 Å². The molecule has 0 amide bonds. The van der Waals surface area contributed by atoms with Gasteiger partial charge in [-0.2, -0.15) is 0 Å². The van der Waals surface area contributed by atoms with Crippen LogP contribution >= 0.6 is 11.6 Å². The van der Waals surface area contributed by atoms with E-state index in [0.717, 1.165) is 13.1 Å². The lowest BCUT2D eigenvalue weighted by Crippen LogP contribution is -2.26. The molecule has 5 heteroatoms. The fourth-order valence-corrected chi connectivity index (χ4v) is 2.23. The zero-order valence-corrected chi connectivity index (χ0v) is 10.4. The van der Waals surface area contributed by atoms with Gasteiger partial charge in [0.15, 0.2) is 0 Å². The van der Waals surface area contributed by atoms with E-state index >= 15 is 0 Å². The molecular weight excluding hydrogens is 241 g/mol. The van der Waals surface area contributed by atoms with Crippen LogP contribution in [0.2, 0.25) is 5.02 Å². The highest BCUT2D eigenvalue weighted by atomic mass is 35.5. The highest BCUT2D eigenvalue weighted by Gasteiger charge is 2.11. The largest absolute Gasteiger partial charge is 0.397 e. The molecule has 0 spiro atoms. The highest BCUT2D eigenvalue weighted by Crippen LogP contribution is 2.26. The van der Waals surface area contributed by atoms with Gasteiger partial charge in [-0.15, -0.1) is 0 Å². The summed E-state index contributed by atoms with van der Waals surface area (Å²) in [5.74, 6) is -0.478. The lowest BCUT2D eigenvalue weighted by atomic mass is 10.2. The van der Waals surface area contributed by atoms with E-state index in [-0.39, 0.29) is 5.02 Å². The van der Waals surface area contributed by atoms with Gasteiger partial charge in [-0.1, -0.05) is 11.6 Å². The van der Waals surface area contributed by atoms with E-state index < -0.39 is 5.82 Å². The fourth-order valence-electron chi connectivity index (χ4n) is 2.07. The second-order valence-electron chi connectivity index (χ2n) is 4.33. The Morgan fingerprint density at radius 1 is 1.35 bits per heavy atom. The number of nitrogen functional groups attached to an aromatic ring is 1. The molecule has 1 fully saturated rings. The molecule has 2 rings (SSSR count). The Morgan fingerprint density at radius 2 is 2.06 bits per heavy atom. The molecule has 1 aliphatic rings. The first-order valence-corrected chi connectivity index (χ1v) is 6.25. The second kappa shape index (κ2) is 5.56. The summed E-state index contributed by atoms with van der Waals surface area (Å²) in [7, 11) is 0. The van der Waals surface area contributed by atoms with E-state index in [2.05, 4.69) is 10.2 Å². The summed E-state index contributed by atoms with van der Waals surface area (Å²) in [6.45, 7) is 4.11. The van der Waals surface area contributed by atoms with Crippen LogP contribution in [0.15, 0.2) is 12.1 Å². The Balaban J connectivity index is 1.87. The minimum absolute atomic E-state index is 0.0999. The minimum atomic E-state index is -0.478. The molecule has 0 aliphatic carbocycles. The first-order chi connectivity index (χ1) is 8.16. The summed E-state index contributed by atoms with van der Waals surface area (Å²) in [5, 5.41) is 3.29. The van der Waals surface area contributed by atoms with Crippen molar-refractivity contribution in [2.45, 2.75) is 12.8 Å². The number of halogens is 2. The molecule has 1 aliphatic heterocycles. The summed E-state index contributed by atoms with van der Waals surface area (Å²) < 4.78 is 13.1. The molecule has 1 aromatic carbocycles. The van der Waals surface area contributed by atoms with Crippen LogP contribution in [0.4, 0.5) is 15.8 Å². The average Bonchev–Trinajstić information content (AvgIpc) is 2.78. The maximum Gasteiger partial charge on any atom is 0.143 e. The van der Waals surface area contributed by atoms with E-state index in [1.807, 2.05) is 0 Å². The van der Waals surface area contributed by atoms with Gasteiger partial charge in [-0.05, 0) is 32.0 Å². The number of benzene rings is 1. The lowest BCUT2D eigenvalue weighted by molar-refractivity contribution is 0.353. The molecule has 0 aromatic heterocycles. The average molecular weight is 258 g/mol. The van der Waals surface area contributed by atoms with Crippen LogP contribution in [-0.4, -0.2) is 31.1 Å². The van der Waals surface area contributed by atoms with Crippen molar-refractivity contribution in [3.05, 3.63) is 23.0 Å². The Morgan fingerprint density at radius 3 is 2.76 bits per heavy atom. The molecule has 1 aromatic rings. The summed E-state index contributed by atoms with van der Waals surface area (Å²) in [4.78, 5) is 2.40. The molecule has 94 valence electrons. The van der Waals surface area contributed by atoms with Crippen molar-refractivity contribution >= 4 is 23.0 Å². The van der Waals surface area contributed by atoms with Gasteiger partial charge in [0.2, 0.25) is 0 Å². The van der Waals surface area contributed by atoms with Crippen molar-refractivity contribution < 1.29 is 4.39 Å². The molecular formula is C12H17ClFN3. The van der Waals surface area contributed by atoms with Gasteiger partial charge in [0.25, 0.3) is 0 Å². The Labute approximate surface area is 106 Å². The minimum Gasteiger partial charge on any atom is -0.397 e. The number of hydrogen-bond acceptors (Lipinski definition) is 3. The van der Waals surface area contributed by atoms with Gasteiger partial charge >= 0.3 is 0 Å². The zero-order chi connectivity index (χ0) is 12.3. The van der Waals surface area contributed by atoms with Crippen molar-refractivity contribution in [3.63, 3.8) is 0 Å². The maximum absolute atomic E-state index is 13.1. The number of likely N-dealkylation sites (tertiary alicyclic amines) is 1. The topological polar surface area (TPSA) is 41.3 Å². The van der Waals surface area contributed by atoms with Crippen molar-refractivity contribution in [2.75, 3.05) is 37.2 Å². The molecule has 3 N–H and O–H groups in total. The fraction of sp³-hybridized carbons (Fsp3) is 0.500. The molecule has 0 unspecified atom stereocenters. The number of hydrogen-bond donors (Lipinski definition) is 2.